The first-order valence-electron chi connectivity index (χ1n) is 12.8. The SMILES string of the molecule is Cc1cc2c(cc1C)=c1c3ccccc3c3c4c(ccc=2c14)=c1c=3c2ccccc2c2ccccc12. The van der Waals surface area contributed by atoms with Crippen LogP contribution in [0.5, 0.6) is 0 Å². The first-order valence-corrected chi connectivity index (χ1v) is 12.8. The van der Waals surface area contributed by atoms with Crippen molar-refractivity contribution in [2.45, 2.75) is 13.8 Å². The molecule has 0 saturated carbocycles. The first kappa shape index (κ1) is 18.9. The average molecular weight is 455 g/mol. The maximum Gasteiger partial charge on any atom is -0.000696 e. The number of hydrogen-bond donors (Lipinski definition) is 0. The lowest BCUT2D eigenvalue weighted by atomic mass is 9.96. The second kappa shape index (κ2) is 6.22. The Bertz CT molecular complexity index is 2590. The van der Waals surface area contributed by atoms with E-state index in [1.165, 1.54) is 96.0 Å². The van der Waals surface area contributed by atoms with Crippen molar-refractivity contribution in [3.05, 3.63) is 150 Å². The Morgan fingerprint density at radius 3 is 1.42 bits per heavy atom. The monoisotopic (exact) mass is 454 g/mol. The van der Waals surface area contributed by atoms with Crippen LogP contribution in [0.1, 0.15) is 11.1 Å². The van der Waals surface area contributed by atoms with E-state index in [0.29, 0.717) is 0 Å². The summed E-state index contributed by atoms with van der Waals surface area (Å²) < 4.78 is 0. The highest BCUT2D eigenvalue weighted by atomic mass is 14.2. The van der Waals surface area contributed by atoms with Crippen molar-refractivity contribution < 1.29 is 0 Å². The average Bonchev–Trinajstić information content (AvgIpc) is 3.43. The van der Waals surface area contributed by atoms with Gasteiger partial charge < -0.3 is 0 Å². The van der Waals surface area contributed by atoms with Gasteiger partial charge in [-0.3, -0.25) is 0 Å². The summed E-state index contributed by atoms with van der Waals surface area (Å²) in [5, 5.41) is 22.2. The lowest BCUT2D eigenvalue weighted by Crippen LogP contribution is -1.86. The third kappa shape index (κ3) is 2.01. The van der Waals surface area contributed by atoms with Crippen molar-refractivity contribution >= 4 is 43.1 Å². The number of fused-ring (bicyclic) bond motifs is 10. The fourth-order valence-electron chi connectivity index (χ4n) is 7.21. The maximum atomic E-state index is 2.42. The molecule has 0 nitrogen and oxygen atoms in total. The molecule has 7 aromatic carbocycles. The van der Waals surface area contributed by atoms with E-state index in [1.54, 1.807) is 0 Å². The summed E-state index contributed by atoms with van der Waals surface area (Å²) >= 11 is 0. The molecule has 166 valence electrons. The maximum absolute atomic E-state index is 2.42. The number of hydrogen-bond acceptors (Lipinski definition) is 0. The minimum absolute atomic E-state index is 1.34. The number of aryl methyl sites for hydroxylation is 2. The summed E-state index contributed by atoms with van der Waals surface area (Å²) in [6, 6.07) is 36.6. The van der Waals surface area contributed by atoms with Crippen LogP contribution in [-0.4, -0.2) is 0 Å². The van der Waals surface area contributed by atoms with Gasteiger partial charge in [0.1, 0.15) is 0 Å². The lowest BCUT2D eigenvalue weighted by Gasteiger charge is -2.07. The molecule has 0 bridgehead atoms. The van der Waals surface area contributed by atoms with Crippen molar-refractivity contribution in [2.75, 3.05) is 0 Å². The molecule has 2 aliphatic carbocycles. The first-order chi connectivity index (χ1) is 17.7. The lowest BCUT2D eigenvalue weighted by molar-refractivity contribution is 1.30. The Labute approximate surface area is 206 Å². The van der Waals surface area contributed by atoms with E-state index in [0.717, 1.165) is 0 Å². The normalized spacial score (nSPS) is 12.7. The molecule has 0 unspecified atom stereocenters. The molecule has 0 heterocycles. The summed E-state index contributed by atoms with van der Waals surface area (Å²) in [4.78, 5) is 0. The zero-order chi connectivity index (χ0) is 23.7. The Balaban J connectivity index is 1.83. The minimum atomic E-state index is 1.34. The van der Waals surface area contributed by atoms with E-state index in [2.05, 4.69) is 111 Å². The molecule has 0 aromatic heterocycles. The van der Waals surface area contributed by atoms with E-state index in [-0.39, 0.29) is 0 Å². The van der Waals surface area contributed by atoms with E-state index >= 15 is 0 Å². The van der Waals surface area contributed by atoms with Gasteiger partial charge in [-0.15, -0.1) is 0 Å². The molecule has 0 fully saturated rings. The van der Waals surface area contributed by atoms with E-state index < -0.39 is 0 Å². The van der Waals surface area contributed by atoms with Crippen molar-refractivity contribution in [1.82, 2.24) is 0 Å². The minimum Gasteiger partial charge on any atom is -0.0616 e. The molecule has 0 spiro atoms. The molecular formula is C36H22. The standard InChI is InChI=1S/C36H22/c1-19-17-29-27-15-16-28-31-23-11-5-3-9-21(23)22-10-4-6-12-24(22)33(31)35-26-14-8-7-13-25(26)32(34(27)36(28)35)30(29)18-20(19)2/h3-18H,1-2H3. The van der Waals surface area contributed by atoms with Crippen LogP contribution in [0.25, 0.3) is 43.1 Å². The second-order valence-corrected chi connectivity index (χ2v) is 10.5. The van der Waals surface area contributed by atoms with Crippen molar-refractivity contribution in [3.8, 4) is 0 Å². The van der Waals surface area contributed by atoms with Gasteiger partial charge in [-0.05, 0) is 110 Å². The topological polar surface area (TPSA) is 0 Å². The predicted octanol–water partition coefficient (Wildman–Crippen LogP) is 8.69. The van der Waals surface area contributed by atoms with Gasteiger partial charge in [-0.25, -0.2) is 0 Å². The molecule has 2 aliphatic rings. The summed E-state index contributed by atoms with van der Waals surface area (Å²) in [5.74, 6) is 0. The Morgan fingerprint density at radius 2 is 0.778 bits per heavy atom. The largest absolute Gasteiger partial charge is 0.0616 e. The van der Waals surface area contributed by atoms with Crippen LogP contribution in [0.4, 0.5) is 0 Å². The molecule has 0 heteroatoms. The van der Waals surface area contributed by atoms with Gasteiger partial charge in [0.05, 0.1) is 0 Å². The van der Waals surface area contributed by atoms with Crippen LogP contribution in [0.3, 0.4) is 0 Å². The molecule has 0 amide bonds. The van der Waals surface area contributed by atoms with E-state index in [4.69, 9.17) is 0 Å². The molecule has 9 rings (SSSR count). The van der Waals surface area contributed by atoms with Gasteiger partial charge in [0.15, 0.2) is 0 Å². The van der Waals surface area contributed by atoms with Crippen LogP contribution in [-0.2, 0) is 0 Å². The highest BCUT2D eigenvalue weighted by molar-refractivity contribution is 6.11. The second-order valence-electron chi connectivity index (χ2n) is 10.5. The van der Waals surface area contributed by atoms with Crippen molar-refractivity contribution in [1.29, 1.82) is 0 Å². The van der Waals surface area contributed by atoms with E-state index in [9.17, 15) is 0 Å². The highest BCUT2D eigenvalue weighted by Gasteiger charge is 2.19. The molecule has 36 heavy (non-hydrogen) atoms. The Hall–Kier alpha value is -4.42. The third-order valence-electron chi connectivity index (χ3n) is 8.82. The zero-order valence-electron chi connectivity index (χ0n) is 20.2. The van der Waals surface area contributed by atoms with Crippen LogP contribution in [0.15, 0.2) is 97.1 Å². The van der Waals surface area contributed by atoms with Crippen molar-refractivity contribution in [3.63, 3.8) is 0 Å². The summed E-state index contributed by atoms with van der Waals surface area (Å²) in [6.07, 6.45) is 0. The number of rotatable bonds is 0. The predicted molar refractivity (Wildman–Crippen MR) is 150 cm³/mol. The quantitative estimate of drug-likeness (QED) is 0.159. The van der Waals surface area contributed by atoms with Gasteiger partial charge in [-0.2, -0.15) is 0 Å². The molecule has 0 aliphatic heterocycles. The molecular weight excluding hydrogens is 432 g/mol. The summed E-state index contributed by atoms with van der Waals surface area (Å²) in [5.41, 5.74) is 2.72. The van der Waals surface area contributed by atoms with Crippen LogP contribution in [0, 0.1) is 55.6 Å². The number of benzene rings is 7. The molecule has 0 atom stereocenters. The van der Waals surface area contributed by atoms with Gasteiger partial charge in [0.2, 0.25) is 0 Å². The molecule has 7 aromatic rings. The van der Waals surface area contributed by atoms with E-state index in [1.807, 2.05) is 0 Å². The summed E-state index contributed by atoms with van der Waals surface area (Å²) in [7, 11) is 0. The van der Waals surface area contributed by atoms with Gasteiger partial charge in [-0.1, -0.05) is 97.1 Å². The summed E-state index contributed by atoms with van der Waals surface area (Å²) in [6.45, 7) is 4.48. The molecule has 0 N–H and O–H groups in total. The van der Waals surface area contributed by atoms with Crippen LogP contribution in [0.2, 0.25) is 0 Å². The Morgan fingerprint density at radius 1 is 0.333 bits per heavy atom. The zero-order valence-corrected chi connectivity index (χ0v) is 20.2. The smallest absolute Gasteiger partial charge is 0.000696 e. The fraction of sp³-hybridized carbons (Fsp3) is 0.0556. The van der Waals surface area contributed by atoms with Crippen LogP contribution >= 0.6 is 0 Å². The fourth-order valence-corrected chi connectivity index (χ4v) is 7.21. The van der Waals surface area contributed by atoms with Crippen LogP contribution < -0.4 is 0 Å². The van der Waals surface area contributed by atoms with Gasteiger partial charge in [0, 0.05) is 0 Å². The third-order valence-corrected chi connectivity index (χ3v) is 8.82. The van der Waals surface area contributed by atoms with Gasteiger partial charge >= 0.3 is 0 Å². The van der Waals surface area contributed by atoms with Gasteiger partial charge in [0.25, 0.3) is 0 Å². The highest BCUT2D eigenvalue weighted by Crippen LogP contribution is 2.39. The molecule has 0 radical (unpaired) electrons. The molecule has 0 saturated heterocycles. The van der Waals surface area contributed by atoms with Crippen molar-refractivity contribution in [2.24, 2.45) is 0 Å². The Kier molecular flexibility index (Phi) is 3.26.